The molecule has 20 heavy (non-hydrogen) atoms. The van der Waals surface area contributed by atoms with Gasteiger partial charge in [0.1, 0.15) is 17.3 Å². The molecule has 0 unspecified atom stereocenters. The lowest BCUT2D eigenvalue weighted by Crippen LogP contribution is -2.24. The molecule has 106 valence electrons. The summed E-state index contributed by atoms with van der Waals surface area (Å²) in [7, 11) is 0. The van der Waals surface area contributed by atoms with E-state index < -0.39 is 0 Å². The van der Waals surface area contributed by atoms with Crippen LogP contribution in [0.1, 0.15) is 35.3 Å². The highest BCUT2D eigenvalue weighted by atomic mass is 16.5. The number of aryl methyl sites for hydroxylation is 1. The molecule has 2 rings (SSSR count). The summed E-state index contributed by atoms with van der Waals surface area (Å²) in [6, 6.07) is 5.13. The molecule has 0 fully saturated rings. The van der Waals surface area contributed by atoms with Gasteiger partial charge in [0.25, 0.3) is 5.91 Å². The standard InChI is InChI=1S/C13H17N5O2/c1-3-6-14-12-5-4-11(16-17-12)13(19)15-8-10-7-9(2)20-18-10/h4-5,7H,3,6,8H2,1-2H3,(H,14,17)(H,15,19). The zero-order valence-corrected chi connectivity index (χ0v) is 11.5. The van der Waals surface area contributed by atoms with E-state index in [1.165, 1.54) is 0 Å². The van der Waals surface area contributed by atoms with Gasteiger partial charge in [0, 0.05) is 12.6 Å². The summed E-state index contributed by atoms with van der Waals surface area (Å²) < 4.78 is 4.92. The number of carbonyl (C=O) groups excluding carboxylic acids is 1. The Kier molecular flexibility index (Phi) is 4.65. The van der Waals surface area contributed by atoms with Crippen molar-refractivity contribution in [1.82, 2.24) is 20.7 Å². The summed E-state index contributed by atoms with van der Waals surface area (Å²) in [5, 5.41) is 17.4. The minimum absolute atomic E-state index is 0.271. The molecule has 0 radical (unpaired) electrons. The number of amides is 1. The molecule has 0 atom stereocenters. The van der Waals surface area contributed by atoms with Gasteiger partial charge in [-0.3, -0.25) is 4.79 Å². The molecule has 2 aromatic rings. The van der Waals surface area contributed by atoms with E-state index in [1.807, 2.05) is 0 Å². The molecule has 2 aromatic heterocycles. The summed E-state index contributed by atoms with van der Waals surface area (Å²) in [6.45, 7) is 4.99. The lowest BCUT2D eigenvalue weighted by molar-refractivity contribution is 0.0944. The first kappa shape index (κ1) is 14.0. The number of anilines is 1. The Balaban J connectivity index is 1.88. The minimum atomic E-state index is -0.291. The average molecular weight is 275 g/mol. The minimum Gasteiger partial charge on any atom is -0.369 e. The summed E-state index contributed by atoms with van der Waals surface area (Å²) >= 11 is 0. The molecule has 0 spiro atoms. The highest BCUT2D eigenvalue weighted by Crippen LogP contribution is 2.04. The van der Waals surface area contributed by atoms with E-state index in [1.54, 1.807) is 25.1 Å². The average Bonchev–Trinajstić information content (AvgIpc) is 2.89. The van der Waals surface area contributed by atoms with E-state index in [0.717, 1.165) is 13.0 Å². The molecular weight excluding hydrogens is 258 g/mol. The van der Waals surface area contributed by atoms with Crippen molar-refractivity contribution in [3.8, 4) is 0 Å². The van der Waals surface area contributed by atoms with Gasteiger partial charge in [0.05, 0.1) is 6.54 Å². The lowest BCUT2D eigenvalue weighted by Gasteiger charge is -2.04. The van der Waals surface area contributed by atoms with E-state index in [0.29, 0.717) is 23.8 Å². The van der Waals surface area contributed by atoms with Gasteiger partial charge < -0.3 is 15.2 Å². The first-order valence-electron chi connectivity index (χ1n) is 6.47. The Morgan fingerprint density at radius 3 is 2.80 bits per heavy atom. The van der Waals surface area contributed by atoms with Crippen molar-refractivity contribution in [3.05, 3.63) is 35.3 Å². The monoisotopic (exact) mass is 275 g/mol. The molecule has 1 amide bonds. The third kappa shape index (κ3) is 3.78. The largest absolute Gasteiger partial charge is 0.369 e. The fourth-order valence-electron chi connectivity index (χ4n) is 1.56. The van der Waals surface area contributed by atoms with Crippen LogP contribution in [0.25, 0.3) is 0 Å². The van der Waals surface area contributed by atoms with Crippen molar-refractivity contribution < 1.29 is 9.32 Å². The predicted molar refractivity (Wildman–Crippen MR) is 73.2 cm³/mol. The highest BCUT2D eigenvalue weighted by molar-refractivity contribution is 5.92. The van der Waals surface area contributed by atoms with Crippen molar-refractivity contribution in [2.24, 2.45) is 0 Å². The van der Waals surface area contributed by atoms with Crippen molar-refractivity contribution in [1.29, 1.82) is 0 Å². The van der Waals surface area contributed by atoms with Crippen LogP contribution in [-0.2, 0) is 6.54 Å². The van der Waals surface area contributed by atoms with Gasteiger partial charge in [0.2, 0.25) is 0 Å². The van der Waals surface area contributed by atoms with Crippen LogP contribution in [0.5, 0.6) is 0 Å². The number of hydrogen-bond acceptors (Lipinski definition) is 6. The van der Waals surface area contributed by atoms with Crippen LogP contribution in [0.3, 0.4) is 0 Å². The Morgan fingerprint density at radius 2 is 2.20 bits per heavy atom. The van der Waals surface area contributed by atoms with Gasteiger partial charge in [-0.1, -0.05) is 12.1 Å². The second kappa shape index (κ2) is 6.65. The van der Waals surface area contributed by atoms with E-state index in [-0.39, 0.29) is 11.6 Å². The first-order valence-corrected chi connectivity index (χ1v) is 6.47. The molecule has 0 bridgehead atoms. The van der Waals surface area contributed by atoms with Gasteiger partial charge in [0.15, 0.2) is 5.69 Å². The number of hydrogen-bond donors (Lipinski definition) is 2. The van der Waals surface area contributed by atoms with Crippen LogP contribution in [0.2, 0.25) is 0 Å². The van der Waals surface area contributed by atoms with Crippen LogP contribution < -0.4 is 10.6 Å². The molecule has 0 saturated heterocycles. The zero-order chi connectivity index (χ0) is 14.4. The Bertz CT molecular complexity index is 564. The van der Waals surface area contributed by atoms with Crippen LogP contribution in [-0.4, -0.2) is 27.8 Å². The molecule has 7 nitrogen and oxygen atoms in total. The van der Waals surface area contributed by atoms with Gasteiger partial charge in [-0.15, -0.1) is 10.2 Å². The third-order valence-electron chi connectivity index (χ3n) is 2.56. The van der Waals surface area contributed by atoms with Gasteiger partial charge in [-0.2, -0.15) is 0 Å². The van der Waals surface area contributed by atoms with Gasteiger partial charge in [-0.25, -0.2) is 0 Å². The number of aromatic nitrogens is 3. The lowest BCUT2D eigenvalue weighted by atomic mass is 10.3. The van der Waals surface area contributed by atoms with Crippen LogP contribution in [0.4, 0.5) is 5.82 Å². The molecule has 2 heterocycles. The summed E-state index contributed by atoms with van der Waals surface area (Å²) in [5.41, 5.74) is 0.942. The number of nitrogens with one attached hydrogen (secondary N) is 2. The maximum atomic E-state index is 11.9. The van der Waals surface area contributed by atoms with Gasteiger partial charge in [-0.05, 0) is 25.5 Å². The van der Waals surface area contributed by atoms with E-state index >= 15 is 0 Å². The van der Waals surface area contributed by atoms with E-state index in [9.17, 15) is 4.79 Å². The SMILES string of the molecule is CCCNc1ccc(C(=O)NCc2cc(C)on2)nn1. The summed E-state index contributed by atoms with van der Waals surface area (Å²) in [6.07, 6.45) is 1.00. The number of rotatable bonds is 6. The predicted octanol–water partition coefficient (Wildman–Crippen LogP) is 1.52. The Morgan fingerprint density at radius 1 is 1.35 bits per heavy atom. The molecule has 0 aliphatic heterocycles. The van der Waals surface area contributed by atoms with E-state index in [2.05, 4.69) is 32.9 Å². The van der Waals surface area contributed by atoms with Crippen molar-refractivity contribution in [3.63, 3.8) is 0 Å². The van der Waals surface area contributed by atoms with Crippen LogP contribution in [0.15, 0.2) is 22.7 Å². The molecule has 0 aliphatic rings. The van der Waals surface area contributed by atoms with E-state index in [4.69, 9.17) is 4.52 Å². The third-order valence-corrected chi connectivity index (χ3v) is 2.56. The summed E-state index contributed by atoms with van der Waals surface area (Å²) in [5.74, 6) is 1.08. The smallest absolute Gasteiger partial charge is 0.272 e. The second-order valence-electron chi connectivity index (χ2n) is 4.34. The summed E-state index contributed by atoms with van der Waals surface area (Å²) in [4.78, 5) is 11.9. The van der Waals surface area contributed by atoms with Crippen molar-refractivity contribution in [2.45, 2.75) is 26.8 Å². The second-order valence-corrected chi connectivity index (χ2v) is 4.34. The first-order chi connectivity index (χ1) is 9.69. The Hall–Kier alpha value is -2.44. The quantitative estimate of drug-likeness (QED) is 0.830. The van der Waals surface area contributed by atoms with Crippen LogP contribution in [0, 0.1) is 6.92 Å². The normalized spacial score (nSPS) is 10.3. The van der Waals surface area contributed by atoms with Gasteiger partial charge >= 0.3 is 0 Å². The fraction of sp³-hybridized carbons (Fsp3) is 0.385. The molecule has 0 aliphatic carbocycles. The maximum Gasteiger partial charge on any atom is 0.272 e. The van der Waals surface area contributed by atoms with Crippen molar-refractivity contribution >= 4 is 11.7 Å². The molecule has 0 saturated carbocycles. The number of carbonyl (C=O) groups is 1. The highest BCUT2D eigenvalue weighted by Gasteiger charge is 2.09. The Labute approximate surface area is 116 Å². The van der Waals surface area contributed by atoms with Crippen LogP contribution >= 0.6 is 0 Å². The molecule has 2 N–H and O–H groups in total. The molecule has 7 heteroatoms. The zero-order valence-electron chi connectivity index (χ0n) is 11.5. The fourth-order valence-corrected chi connectivity index (χ4v) is 1.56. The number of nitrogens with zero attached hydrogens (tertiary/aromatic N) is 3. The molecule has 0 aromatic carbocycles. The topological polar surface area (TPSA) is 92.9 Å². The van der Waals surface area contributed by atoms with Crippen molar-refractivity contribution in [2.75, 3.05) is 11.9 Å². The maximum absolute atomic E-state index is 11.9. The molecular formula is C13H17N5O2.